The molecule has 0 aliphatic heterocycles. The molecule has 1 aliphatic rings. The number of amides is 2. The number of benzene rings is 1. The van der Waals surface area contributed by atoms with Gasteiger partial charge in [0.2, 0.25) is 0 Å². The minimum absolute atomic E-state index is 0.431. The van der Waals surface area contributed by atoms with Gasteiger partial charge in [-0.15, -0.1) is 0 Å². The Bertz CT molecular complexity index is 724. The number of rotatable bonds is 3. The van der Waals surface area contributed by atoms with Crippen molar-refractivity contribution < 1.29 is 27.5 Å². The summed E-state index contributed by atoms with van der Waals surface area (Å²) in [6.45, 7) is 4.77. The quantitative estimate of drug-likeness (QED) is 0.813. The fourth-order valence-electron chi connectivity index (χ4n) is 1.90. The van der Waals surface area contributed by atoms with Gasteiger partial charge < -0.3 is 10.1 Å². The number of hydrogen-bond acceptors (Lipinski definition) is 3. The van der Waals surface area contributed by atoms with Crippen molar-refractivity contribution in [2.75, 3.05) is 10.6 Å². The summed E-state index contributed by atoms with van der Waals surface area (Å²) in [4.78, 5) is 23.5. The van der Waals surface area contributed by atoms with E-state index in [9.17, 15) is 22.8 Å². The van der Waals surface area contributed by atoms with Crippen LogP contribution in [0.2, 0.25) is 0 Å². The second kappa shape index (κ2) is 6.54. The highest BCUT2D eigenvalue weighted by Gasteiger charge is 2.24. The standard InChI is InChI=1S/C16H17F3N2O3/c1-16(2,3)24-15(23)21-10-7-9(11(17)13(19)12(10)18)20-14(22)8-5-4-6-8/h5,7H,4,6H2,1-3H3,(H,20,22)(H,21,23). The molecule has 2 N–H and O–H groups in total. The van der Waals surface area contributed by atoms with Crippen LogP contribution in [0, 0.1) is 17.5 Å². The molecule has 0 saturated carbocycles. The number of carbonyl (C=O) groups excluding carboxylic acids is 2. The van der Waals surface area contributed by atoms with Crippen molar-refractivity contribution in [1.29, 1.82) is 0 Å². The first-order valence-corrected chi connectivity index (χ1v) is 7.26. The molecule has 0 spiro atoms. The van der Waals surface area contributed by atoms with E-state index in [-0.39, 0.29) is 0 Å². The highest BCUT2D eigenvalue weighted by atomic mass is 19.2. The topological polar surface area (TPSA) is 67.4 Å². The number of allylic oxidation sites excluding steroid dienone is 1. The Morgan fingerprint density at radius 2 is 1.58 bits per heavy atom. The smallest absolute Gasteiger partial charge is 0.412 e. The molecule has 2 rings (SSSR count). The van der Waals surface area contributed by atoms with Crippen LogP contribution in [-0.4, -0.2) is 17.6 Å². The first-order valence-electron chi connectivity index (χ1n) is 7.26. The zero-order chi connectivity index (χ0) is 18.1. The second-order valence-electron chi connectivity index (χ2n) is 6.26. The Morgan fingerprint density at radius 3 is 2.04 bits per heavy atom. The maximum atomic E-state index is 13.8. The molecule has 0 unspecified atom stereocenters. The van der Waals surface area contributed by atoms with Gasteiger partial charge in [-0.2, -0.15) is 0 Å². The normalized spacial score (nSPS) is 13.7. The minimum Gasteiger partial charge on any atom is -0.444 e. The van der Waals surface area contributed by atoms with E-state index < -0.39 is 46.4 Å². The molecule has 1 aliphatic carbocycles. The summed E-state index contributed by atoms with van der Waals surface area (Å²) in [6.07, 6.45) is 1.87. The lowest BCUT2D eigenvalue weighted by Gasteiger charge is -2.20. The Hall–Kier alpha value is -2.51. The highest BCUT2D eigenvalue weighted by molar-refractivity contribution is 6.05. The summed E-state index contributed by atoms with van der Waals surface area (Å²) in [7, 11) is 0. The van der Waals surface area contributed by atoms with Gasteiger partial charge >= 0.3 is 6.09 Å². The van der Waals surface area contributed by atoms with E-state index in [1.54, 1.807) is 26.8 Å². The molecule has 0 radical (unpaired) electrons. The van der Waals surface area contributed by atoms with Gasteiger partial charge in [-0.05, 0) is 39.7 Å². The fourth-order valence-corrected chi connectivity index (χ4v) is 1.90. The van der Waals surface area contributed by atoms with Crippen LogP contribution in [0.25, 0.3) is 0 Å². The molecule has 8 heteroatoms. The molecule has 1 aromatic carbocycles. The van der Waals surface area contributed by atoms with Gasteiger partial charge in [-0.25, -0.2) is 18.0 Å². The van der Waals surface area contributed by atoms with Crippen LogP contribution in [0.3, 0.4) is 0 Å². The molecule has 0 aromatic heterocycles. The van der Waals surface area contributed by atoms with E-state index >= 15 is 0 Å². The zero-order valence-electron chi connectivity index (χ0n) is 13.4. The second-order valence-corrected chi connectivity index (χ2v) is 6.26. The highest BCUT2D eigenvalue weighted by Crippen LogP contribution is 2.29. The summed E-state index contributed by atoms with van der Waals surface area (Å²) >= 11 is 0. The first kappa shape index (κ1) is 17.8. The van der Waals surface area contributed by atoms with Crippen molar-refractivity contribution in [3.63, 3.8) is 0 Å². The molecule has 0 fully saturated rings. The number of carbonyl (C=O) groups is 2. The Morgan fingerprint density at radius 1 is 1.04 bits per heavy atom. The van der Waals surface area contributed by atoms with Gasteiger partial charge in [0, 0.05) is 5.57 Å². The molecule has 0 heterocycles. The van der Waals surface area contributed by atoms with Gasteiger partial charge in [0.05, 0.1) is 11.4 Å². The Balaban J connectivity index is 2.25. The average molecular weight is 342 g/mol. The summed E-state index contributed by atoms with van der Waals surface area (Å²) < 4.78 is 46.2. The SMILES string of the molecule is CC(C)(C)OC(=O)Nc1cc(NC(=O)C2=CCC2)c(F)c(F)c1F. The van der Waals surface area contributed by atoms with E-state index in [1.807, 2.05) is 5.32 Å². The number of hydrogen-bond donors (Lipinski definition) is 2. The molecule has 5 nitrogen and oxygen atoms in total. The predicted octanol–water partition coefficient (Wildman–Crippen LogP) is 4.11. The van der Waals surface area contributed by atoms with Crippen LogP contribution in [-0.2, 0) is 9.53 Å². The van der Waals surface area contributed by atoms with Crippen molar-refractivity contribution in [2.45, 2.75) is 39.2 Å². The third-order valence-electron chi connectivity index (χ3n) is 3.13. The summed E-state index contributed by atoms with van der Waals surface area (Å²) in [5.74, 6) is -5.54. The molecule has 1 aromatic rings. The lowest BCUT2D eigenvalue weighted by atomic mass is 9.98. The first-order chi connectivity index (χ1) is 11.1. The van der Waals surface area contributed by atoms with E-state index in [0.29, 0.717) is 12.0 Å². The van der Waals surface area contributed by atoms with E-state index in [2.05, 4.69) is 5.32 Å². The molecule has 0 atom stereocenters. The Kier molecular flexibility index (Phi) is 4.86. The van der Waals surface area contributed by atoms with Crippen LogP contribution in [0.15, 0.2) is 17.7 Å². The molecule has 2 amide bonds. The maximum absolute atomic E-state index is 13.8. The van der Waals surface area contributed by atoms with E-state index in [0.717, 1.165) is 12.5 Å². The van der Waals surface area contributed by atoms with Gasteiger partial charge in [-0.1, -0.05) is 6.08 Å². The van der Waals surface area contributed by atoms with Crippen LogP contribution in [0.5, 0.6) is 0 Å². The molecule has 24 heavy (non-hydrogen) atoms. The minimum atomic E-state index is -1.80. The molecular formula is C16H17F3N2O3. The van der Waals surface area contributed by atoms with Gasteiger partial charge in [0.1, 0.15) is 5.60 Å². The summed E-state index contributed by atoms with van der Waals surface area (Å²) in [5, 5.41) is 4.16. The lowest BCUT2D eigenvalue weighted by Crippen LogP contribution is -2.27. The number of halogens is 3. The van der Waals surface area contributed by atoms with Crippen molar-refractivity contribution in [3.8, 4) is 0 Å². The summed E-state index contributed by atoms with van der Waals surface area (Å²) in [6, 6.07) is 0.800. The van der Waals surface area contributed by atoms with Gasteiger partial charge in [0.15, 0.2) is 17.5 Å². The van der Waals surface area contributed by atoms with Crippen molar-refractivity contribution in [1.82, 2.24) is 0 Å². The zero-order valence-corrected chi connectivity index (χ0v) is 13.4. The summed E-state index contributed by atoms with van der Waals surface area (Å²) in [5.41, 5.74) is -1.63. The van der Waals surface area contributed by atoms with Crippen LogP contribution in [0.1, 0.15) is 33.6 Å². The fraction of sp³-hybridized carbons (Fsp3) is 0.375. The van der Waals surface area contributed by atoms with Crippen molar-refractivity contribution in [3.05, 3.63) is 35.2 Å². The van der Waals surface area contributed by atoms with Crippen LogP contribution < -0.4 is 10.6 Å². The molecule has 0 bridgehead atoms. The Labute approximate surface area is 136 Å². The third-order valence-corrected chi connectivity index (χ3v) is 3.13. The molecule has 130 valence electrons. The largest absolute Gasteiger partial charge is 0.444 e. The van der Waals surface area contributed by atoms with Crippen molar-refractivity contribution in [2.24, 2.45) is 0 Å². The maximum Gasteiger partial charge on any atom is 0.412 e. The molecular weight excluding hydrogens is 325 g/mol. The van der Waals surface area contributed by atoms with Gasteiger partial charge in [-0.3, -0.25) is 10.1 Å². The van der Waals surface area contributed by atoms with Crippen molar-refractivity contribution >= 4 is 23.4 Å². The van der Waals surface area contributed by atoms with E-state index in [4.69, 9.17) is 4.74 Å². The van der Waals surface area contributed by atoms with E-state index in [1.165, 1.54) is 0 Å². The average Bonchev–Trinajstić information content (AvgIpc) is 2.37. The van der Waals surface area contributed by atoms with Gasteiger partial charge in [0.25, 0.3) is 5.91 Å². The monoisotopic (exact) mass is 342 g/mol. The lowest BCUT2D eigenvalue weighted by molar-refractivity contribution is -0.113. The third kappa shape index (κ3) is 4.06. The molecule has 0 saturated heterocycles. The van der Waals surface area contributed by atoms with Crippen LogP contribution in [0.4, 0.5) is 29.3 Å². The van der Waals surface area contributed by atoms with Crippen LogP contribution >= 0.6 is 0 Å². The number of ether oxygens (including phenoxy) is 1. The number of anilines is 2. The number of nitrogens with one attached hydrogen (secondary N) is 2. The predicted molar refractivity (Wildman–Crippen MR) is 82.1 cm³/mol.